The lowest BCUT2D eigenvalue weighted by molar-refractivity contribution is 0.210. The summed E-state index contributed by atoms with van der Waals surface area (Å²) in [5.74, 6) is 2.37. The number of nitriles is 1. The number of urea groups is 1. The van der Waals surface area contributed by atoms with E-state index >= 15 is 0 Å². The second-order valence-corrected chi connectivity index (χ2v) is 8.15. The van der Waals surface area contributed by atoms with Gasteiger partial charge in [-0.1, -0.05) is 25.1 Å². The van der Waals surface area contributed by atoms with Crippen molar-refractivity contribution >= 4 is 22.5 Å². The maximum absolute atomic E-state index is 12.5. The lowest BCUT2D eigenvalue weighted by Gasteiger charge is -2.22. The van der Waals surface area contributed by atoms with Crippen LogP contribution in [0, 0.1) is 17.2 Å². The fraction of sp³-hybridized carbons (Fsp3) is 0.300. The van der Waals surface area contributed by atoms with Gasteiger partial charge in [-0.05, 0) is 36.2 Å². The summed E-state index contributed by atoms with van der Waals surface area (Å²) in [6.45, 7) is 3.02. The fourth-order valence-corrected chi connectivity index (χ4v) is 4.25. The summed E-state index contributed by atoms with van der Waals surface area (Å²) in [6.07, 6.45) is 0. The minimum Gasteiger partial charge on any atom is -0.456 e. The Labute approximate surface area is 161 Å². The van der Waals surface area contributed by atoms with Crippen molar-refractivity contribution < 1.29 is 13.7 Å². The molecule has 6 nitrogen and oxygen atoms in total. The van der Waals surface area contributed by atoms with E-state index in [1.54, 1.807) is 35.2 Å². The van der Waals surface area contributed by atoms with Gasteiger partial charge in [-0.25, -0.2) is 4.79 Å². The Kier molecular flexibility index (Phi) is 6.09. The molecule has 7 heteroatoms. The van der Waals surface area contributed by atoms with Crippen LogP contribution in [0.4, 0.5) is 10.5 Å². The predicted molar refractivity (Wildman–Crippen MR) is 105 cm³/mol. The van der Waals surface area contributed by atoms with Gasteiger partial charge in [-0.15, -0.1) is 0 Å². The zero-order chi connectivity index (χ0) is 19.2. The third-order valence-electron chi connectivity index (χ3n) is 4.20. The summed E-state index contributed by atoms with van der Waals surface area (Å²) in [5, 5.41) is 12.2. The van der Waals surface area contributed by atoms with Crippen molar-refractivity contribution in [1.29, 1.82) is 5.26 Å². The first-order valence-electron chi connectivity index (χ1n) is 8.73. The number of amides is 2. The van der Waals surface area contributed by atoms with Crippen molar-refractivity contribution in [1.82, 2.24) is 4.90 Å². The largest absolute Gasteiger partial charge is 0.456 e. The molecule has 1 N–H and O–H groups in total. The highest BCUT2D eigenvalue weighted by molar-refractivity contribution is 7.85. The SMILES string of the molecule is CC1CN(C(=O)Nc2ccc(Oc3ccccc3)c(C#N)c2)CCS(=O)C1. The van der Waals surface area contributed by atoms with Gasteiger partial charge in [0.2, 0.25) is 0 Å². The summed E-state index contributed by atoms with van der Waals surface area (Å²) in [6, 6.07) is 16.0. The second-order valence-electron chi connectivity index (χ2n) is 6.53. The first-order valence-corrected chi connectivity index (χ1v) is 10.2. The zero-order valence-electron chi connectivity index (χ0n) is 15.1. The Morgan fingerprint density at radius 2 is 2.07 bits per heavy atom. The average molecular weight is 383 g/mol. The van der Waals surface area contributed by atoms with Crippen LogP contribution in [0.3, 0.4) is 0 Å². The van der Waals surface area contributed by atoms with Crippen LogP contribution in [0.1, 0.15) is 12.5 Å². The fourth-order valence-electron chi connectivity index (χ4n) is 2.92. The van der Waals surface area contributed by atoms with Gasteiger partial charge in [0, 0.05) is 41.1 Å². The summed E-state index contributed by atoms with van der Waals surface area (Å²) in [5.41, 5.74) is 0.858. The van der Waals surface area contributed by atoms with Gasteiger partial charge in [0.05, 0.1) is 5.56 Å². The number of anilines is 1. The monoisotopic (exact) mass is 383 g/mol. The van der Waals surface area contributed by atoms with Gasteiger partial charge >= 0.3 is 6.03 Å². The molecule has 2 amide bonds. The van der Waals surface area contributed by atoms with E-state index in [4.69, 9.17) is 4.74 Å². The van der Waals surface area contributed by atoms with Crippen molar-refractivity contribution in [2.75, 3.05) is 29.9 Å². The molecular formula is C20H21N3O3S. The van der Waals surface area contributed by atoms with Gasteiger partial charge < -0.3 is 15.0 Å². The van der Waals surface area contributed by atoms with Crippen molar-refractivity contribution in [3.8, 4) is 17.6 Å². The minimum atomic E-state index is -0.880. The van der Waals surface area contributed by atoms with Gasteiger partial charge in [0.25, 0.3) is 0 Å². The Hall–Kier alpha value is -2.85. The van der Waals surface area contributed by atoms with Crippen molar-refractivity contribution in [2.24, 2.45) is 5.92 Å². The van der Waals surface area contributed by atoms with E-state index in [9.17, 15) is 14.3 Å². The van der Waals surface area contributed by atoms with Crippen LogP contribution in [0.25, 0.3) is 0 Å². The van der Waals surface area contributed by atoms with Gasteiger partial charge in [-0.2, -0.15) is 5.26 Å². The molecular weight excluding hydrogens is 362 g/mol. The number of nitrogens with one attached hydrogen (secondary N) is 1. The number of hydrogen-bond donors (Lipinski definition) is 1. The highest BCUT2D eigenvalue weighted by Crippen LogP contribution is 2.27. The maximum atomic E-state index is 12.5. The van der Waals surface area contributed by atoms with Gasteiger partial charge in [0.1, 0.15) is 17.6 Å². The summed E-state index contributed by atoms with van der Waals surface area (Å²) in [4.78, 5) is 14.2. The van der Waals surface area contributed by atoms with Crippen LogP contribution >= 0.6 is 0 Å². The molecule has 2 aromatic rings. The summed E-state index contributed by atoms with van der Waals surface area (Å²) in [7, 11) is -0.880. The standard InChI is InChI=1S/C20H21N3O3S/c1-15-13-23(9-10-27(25)14-15)20(24)22-17-7-8-19(16(11-17)12-21)26-18-5-3-2-4-6-18/h2-8,11,15H,9-10,13-14H2,1H3,(H,22,24). The zero-order valence-corrected chi connectivity index (χ0v) is 15.9. The molecule has 140 valence electrons. The molecule has 3 rings (SSSR count). The molecule has 27 heavy (non-hydrogen) atoms. The van der Waals surface area contributed by atoms with Crippen LogP contribution in [-0.4, -0.2) is 39.7 Å². The van der Waals surface area contributed by atoms with E-state index in [2.05, 4.69) is 11.4 Å². The quantitative estimate of drug-likeness (QED) is 0.878. The Morgan fingerprint density at radius 3 is 2.81 bits per heavy atom. The Bertz CT molecular complexity index is 880. The van der Waals surface area contributed by atoms with Crippen molar-refractivity contribution in [2.45, 2.75) is 6.92 Å². The Balaban J connectivity index is 1.71. The molecule has 1 heterocycles. The number of ether oxygens (including phenoxy) is 1. The average Bonchev–Trinajstić information content (AvgIpc) is 2.84. The number of rotatable bonds is 3. The lowest BCUT2D eigenvalue weighted by atomic mass is 10.2. The van der Waals surface area contributed by atoms with Crippen LogP contribution in [0.15, 0.2) is 48.5 Å². The number of benzene rings is 2. The molecule has 0 bridgehead atoms. The Morgan fingerprint density at radius 1 is 1.30 bits per heavy atom. The van der Waals surface area contributed by atoms with Crippen LogP contribution < -0.4 is 10.1 Å². The molecule has 2 aromatic carbocycles. The number of carbonyl (C=O) groups is 1. The number of para-hydroxylation sites is 1. The van der Waals surface area contributed by atoms with Crippen molar-refractivity contribution in [3.05, 3.63) is 54.1 Å². The van der Waals surface area contributed by atoms with E-state index < -0.39 is 10.8 Å². The smallest absolute Gasteiger partial charge is 0.321 e. The number of carbonyl (C=O) groups excluding carboxylic acids is 1. The lowest BCUT2D eigenvalue weighted by Crippen LogP contribution is -2.38. The van der Waals surface area contributed by atoms with E-state index in [-0.39, 0.29) is 11.9 Å². The second kappa shape index (κ2) is 8.69. The van der Waals surface area contributed by atoms with E-state index in [1.165, 1.54) is 0 Å². The number of nitrogens with zero attached hydrogens (tertiary/aromatic N) is 2. The molecule has 0 radical (unpaired) electrons. The molecule has 2 atom stereocenters. The van der Waals surface area contributed by atoms with E-state index in [0.717, 1.165) is 0 Å². The molecule has 1 aliphatic rings. The number of hydrogen-bond acceptors (Lipinski definition) is 4. The highest BCUT2D eigenvalue weighted by Gasteiger charge is 2.22. The third kappa shape index (κ3) is 5.08. The van der Waals surface area contributed by atoms with Gasteiger partial charge in [0.15, 0.2) is 0 Å². The highest BCUT2D eigenvalue weighted by atomic mass is 32.2. The van der Waals surface area contributed by atoms with E-state index in [0.29, 0.717) is 47.3 Å². The van der Waals surface area contributed by atoms with Crippen LogP contribution in [0.5, 0.6) is 11.5 Å². The molecule has 0 spiro atoms. The molecule has 2 unspecified atom stereocenters. The molecule has 0 aromatic heterocycles. The van der Waals surface area contributed by atoms with Crippen LogP contribution in [0.2, 0.25) is 0 Å². The molecule has 0 aliphatic carbocycles. The molecule has 1 saturated heterocycles. The first-order chi connectivity index (χ1) is 13.0. The predicted octanol–water partition coefficient (Wildman–Crippen LogP) is 3.58. The third-order valence-corrected chi connectivity index (χ3v) is 5.78. The maximum Gasteiger partial charge on any atom is 0.321 e. The summed E-state index contributed by atoms with van der Waals surface area (Å²) < 4.78 is 17.5. The molecule has 1 fully saturated rings. The van der Waals surface area contributed by atoms with Crippen molar-refractivity contribution in [3.63, 3.8) is 0 Å². The normalized spacial score (nSPS) is 19.6. The molecule has 1 aliphatic heterocycles. The molecule has 0 saturated carbocycles. The van der Waals surface area contributed by atoms with E-state index in [1.807, 2.05) is 25.1 Å². The van der Waals surface area contributed by atoms with Crippen LogP contribution in [-0.2, 0) is 10.8 Å². The summed E-state index contributed by atoms with van der Waals surface area (Å²) >= 11 is 0. The first kappa shape index (κ1) is 18.9. The minimum absolute atomic E-state index is 0.190. The van der Waals surface area contributed by atoms with Gasteiger partial charge in [-0.3, -0.25) is 4.21 Å². The topological polar surface area (TPSA) is 82.4 Å².